The molecule has 0 atom stereocenters. The van der Waals surface area contributed by atoms with Crippen molar-refractivity contribution in [1.82, 2.24) is 4.90 Å². The number of carbonyl (C=O) groups is 1. The average Bonchev–Trinajstić information content (AvgIpc) is 3.57. The van der Waals surface area contributed by atoms with E-state index in [-0.39, 0.29) is 5.91 Å². The predicted octanol–water partition coefficient (Wildman–Crippen LogP) is 4.45. The Kier molecular flexibility index (Phi) is 6.80. The molecule has 6 heteroatoms. The van der Waals surface area contributed by atoms with Gasteiger partial charge in [0.15, 0.2) is 0 Å². The number of halogens is 1. The maximum Gasteiger partial charge on any atom is 0.224 e. The molecule has 2 aromatic rings. The van der Waals surface area contributed by atoms with E-state index in [9.17, 15) is 4.79 Å². The fourth-order valence-corrected chi connectivity index (χ4v) is 4.26. The number of amides is 1. The number of benzene rings is 2. The highest BCUT2D eigenvalue weighted by molar-refractivity contribution is 6.32. The molecule has 0 radical (unpaired) electrons. The topological polar surface area (TPSA) is 44.8 Å². The summed E-state index contributed by atoms with van der Waals surface area (Å²) in [5.41, 5.74) is 3.06. The Balaban J connectivity index is 1.27. The third-order valence-corrected chi connectivity index (χ3v) is 6.23. The lowest BCUT2D eigenvalue weighted by molar-refractivity contribution is -0.116. The molecule has 1 saturated heterocycles. The van der Waals surface area contributed by atoms with Crippen molar-refractivity contribution >= 4 is 28.9 Å². The van der Waals surface area contributed by atoms with Crippen molar-refractivity contribution in [2.24, 2.45) is 5.92 Å². The number of rotatable bonds is 8. The fourth-order valence-electron chi connectivity index (χ4n) is 3.98. The second-order valence-corrected chi connectivity index (χ2v) is 8.71. The Bertz CT molecular complexity index is 877. The van der Waals surface area contributed by atoms with Crippen molar-refractivity contribution in [1.29, 1.82) is 0 Å². The molecule has 1 heterocycles. The van der Waals surface area contributed by atoms with Gasteiger partial charge in [-0.3, -0.25) is 9.69 Å². The van der Waals surface area contributed by atoms with Gasteiger partial charge in [-0.2, -0.15) is 0 Å². The monoisotopic (exact) mass is 427 g/mol. The van der Waals surface area contributed by atoms with E-state index in [4.69, 9.17) is 16.3 Å². The number of piperazine rings is 1. The van der Waals surface area contributed by atoms with Crippen LogP contribution in [-0.4, -0.2) is 50.6 Å². The third-order valence-electron chi connectivity index (χ3n) is 5.94. The van der Waals surface area contributed by atoms with Gasteiger partial charge in [-0.05, 0) is 61.1 Å². The van der Waals surface area contributed by atoms with Crippen LogP contribution < -0.4 is 15.0 Å². The lowest BCUT2D eigenvalue weighted by Gasteiger charge is -2.36. The molecule has 1 N–H and O–H groups in total. The maximum atomic E-state index is 12.4. The summed E-state index contributed by atoms with van der Waals surface area (Å²) in [6.45, 7) is 5.60. The minimum Gasteiger partial charge on any atom is -0.495 e. The molecule has 2 fully saturated rings. The van der Waals surface area contributed by atoms with Crippen molar-refractivity contribution < 1.29 is 9.53 Å². The third kappa shape index (κ3) is 5.67. The summed E-state index contributed by atoms with van der Waals surface area (Å²) < 4.78 is 5.17. The van der Waals surface area contributed by atoms with E-state index >= 15 is 0 Å². The van der Waals surface area contributed by atoms with Crippen LogP contribution in [0.5, 0.6) is 5.75 Å². The number of nitrogens with zero attached hydrogens (tertiary/aromatic N) is 2. The Morgan fingerprint density at radius 1 is 1.13 bits per heavy atom. The van der Waals surface area contributed by atoms with Gasteiger partial charge < -0.3 is 15.0 Å². The molecule has 0 aromatic heterocycles. The molecule has 2 aliphatic rings. The molecule has 1 amide bonds. The second kappa shape index (κ2) is 9.71. The highest BCUT2D eigenvalue weighted by Gasteiger charge is 2.26. The van der Waals surface area contributed by atoms with Crippen LogP contribution >= 0.6 is 11.6 Å². The molecular formula is C24H30ClN3O2. The molecule has 0 bridgehead atoms. The van der Waals surface area contributed by atoms with Crippen LogP contribution in [0.25, 0.3) is 0 Å². The standard InChI is InChI=1S/C24H30ClN3O2/c1-30-23-9-7-18(15-22(23)25)8-10-24(29)26-20-3-2-4-21(16-20)28-13-11-27(12-14-28)17-19-5-6-19/h2-4,7,9,15-16,19H,5-6,8,10-14,17H2,1H3,(H,26,29). The summed E-state index contributed by atoms with van der Waals surface area (Å²) >= 11 is 6.17. The number of ether oxygens (including phenoxy) is 1. The van der Waals surface area contributed by atoms with E-state index in [2.05, 4.69) is 27.2 Å². The summed E-state index contributed by atoms with van der Waals surface area (Å²) in [5, 5.41) is 3.61. The zero-order valence-electron chi connectivity index (χ0n) is 17.6. The van der Waals surface area contributed by atoms with Crippen LogP contribution in [0.4, 0.5) is 11.4 Å². The van der Waals surface area contributed by atoms with Crippen LogP contribution in [0, 0.1) is 5.92 Å². The predicted molar refractivity (Wildman–Crippen MR) is 123 cm³/mol. The van der Waals surface area contributed by atoms with Gasteiger partial charge in [0.2, 0.25) is 5.91 Å². The quantitative estimate of drug-likeness (QED) is 0.675. The van der Waals surface area contributed by atoms with Crippen LogP contribution in [0.15, 0.2) is 42.5 Å². The Hall–Kier alpha value is -2.24. The molecule has 1 saturated carbocycles. The first-order valence-corrected chi connectivity index (χ1v) is 11.2. The molecular weight excluding hydrogens is 398 g/mol. The molecule has 2 aromatic carbocycles. The van der Waals surface area contributed by atoms with Crippen LogP contribution in [-0.2, 0) is 11.2 Å². The Labute approximate surface area is 184 Å². The molecule has 1 aliphatic carbocycles. The van der Waals surface area contributed by atoms with Gasteiger partial charge in [0.25, 0.3) is 0 Å². The number of nitrogens with one attached hydrogen (secondary N) is 1. The van der Waals surface area contributed by atoms with Crippen molar-refractivity contribution in [3.63, 3.8) is 0 Å². The summed E-state index contributed by atoms with van der Waals surface area (Å²) in [7, 11) is 1.59. The highest BCUT2D eigenvalue weighted by atomic mass is 35.5. The van der Waals surface area contributed by atoms with E-state index in [1.54, 1.807) is 7.11 Å². The molecule has 5 nitrogen and oxygen atoms in total. The average molecular weight is 428 g/mol. The Morgan fingerprint density at radius 2 is 1.93 bits per heavy atom. The van der Waals surface area contributed by atoms with Gasteiger partial charge >= 0.3 is 0 Å². The van der Waals surface area contributed by atoms with E-state index < -0.39 is 0 Å². The van der Waals surface area contributed by atoms with Gasteiger partial charge in [0, 0.05) is 50.5 Å². The first-order valence-electron chi connectivity index (χ1n) is 10.8. The number of methoxy groups -OCH3 is 1. The molecule has 30 heavy (non-hydrogen) atoms. The van der Waals surface area contributed by atoms with Gasteiger partial charge in [0.1, 0.15) is 5.75 Å². The maximum absolute atomic E-state index is 12.4. The molecule has 0 spiro atoms. The number of hydrogen-bond acceptors (Lipinski definition) is 4. The van der Waals surface area contributed by atoms with Crippen LogP contribution in [0.3, 0.4) is 0 Å². The van der Waals surface area contributed by atoms with E-state index in [0.717, 1.165) is 43.3 Å². The van der Waals surface area contributed by atoms with E-state index in [1.165, 1.54) is 25.1 Å². The molecule has 0 unspecified atom stereocenters. The lowest BCUT2D eigenvalue weighted by atomic mass is 10.1. The largest absolute Gasteiger partial charge is 0.495 e. The fraction of sp³-hybridized carbons (Fsp3) is 0.458. The number of carbonyl (C=O) groups excluding carboxylic acids is 1. The van der Waals surface area contributed by atoms with Crippen molar-refractivity contribution in [3.8, 4) is 5.75 Å². The summed E-state index contributed by atoms with van der Waals surface area (Å²) in [4.78, 5) is 17.4. The van der Waals surface area contributed by atoms with Crippen molar-refractivity contribution in [2.75, 3.05) is 50.1 Å². The number of aryl methyl sites for hydroxylation is 1. The minimum absolute atomic E-state index is 0.00773. The van der Waals surface area contributed by atoms with Crippen LogP contribution in [0.2, 0.25) is 5.02 Å². The molecule has 160 valence electrons. The normalized spacial score (nSPS) is 17.1. The molecule has 1 aliphatic heterocycles. The van der Waals surface area contributed by atoms with Gasteiger partial charge in [-0.25, -0.2) is 0 Å². The summed E-state index contributed by atoms with van der Waals surface area (Å²) in [5.74, 6) is 1.60. The first kappa shape index (κ1) is 21.0. The second-order valence-electron chi connectivity index (χ2n) is 8.30. The van der Waals surface area contributed by atoms with Crippen molar-refractivity contribution in [2.45, 2.75) is 25.7 Å². The van der Waals surface area contributed by atoms with E-state index in [0.29, 0.717) is 23.6 Å². The van der Waals surface area contributed by atoms with Gasteiger partial charge in [-0.15, -0.1) is 0 Å². The van der Waals surface area contributed by atoms with Crippen molar-refractivity contribution in [3.05, 3.63) is 53.1 Å². The zero-order valence-corrected chi connectivity index (χ0v) is 18.3. The van der Waals surface area contributed by atoms with E-state index in [1.807, 2.05) is 30.3 Å². The first-order chi connectivity index (χ1) is 14.6. The number of hydrogen-bond donors (Lipinski definition) is 1. The minimum atomic E-state index is 0.00773. The highest BCUT2D eigenvalue weighted by Crippen LogP contribution is 2.30. The zero-order chi connectivity index (χ0) is 20.9. The van der Waals surface area contributed by atoms with Crippen LogP contribution in [0.1, 0.15) is 24.8 Å². The smallest absolute Gasteiger partial charge is 0.224 e. The molecule has 4 rings (SSSR count). The number of anilines is 2. The Morgan fingerprint density at radius 3 is 2.63 bits per heavy atom. The SMILES string of the molecule is COc1ccc(CCC(=O)Nc2cccc(N3CCN(CC4CC4)CC3)c2)cc1Cl. The van der Waals surface area contributed by atoms with Gasteiger partial charge in [-0.1, -0.05) is 23.7 Å². The van der Waals surface area contributed by atoms with Gasteiger partial charge in [0.05, 0.1) is 12.1 Å². The lowest BCUT2D eigenvalue weighted by Crippen LogP contribution is -2.47. The summed E-state index contributed by atoms with van der Waals surface area (Å²) in [6.07, 6.45) is 3.87. The summed E-state index contributed by atoms with van der Waals surface area (Å²) in [6, 6.07) is 13.8.